The number of hydrogen-bond donors (Lipinski definition) is 3. The normalized spacial score (nSPS) is 10.5. The van der Waals surface area contributed by atoms with Gasteiger partial charge in [0.15, 0.2) is 0 Å². The SMILES string of the molecule is O=C(CCNC(=O)c1cc2ccccc2[nH]1)NCc1ccncc1. The second-order valence-corrected chi connectivity index (χ2v) is 5.41. The molecule has 3 aromatic rings. The number of fused-ring (bicyclic) bond motifs is 1. The van der Waals surface area contributed by atoms with Crippen LogP contribution in [0.2, 0.25) is 0 Å². The zero-order valence-electron chi connectivity index (χ0n) is 13.1. The van der Waals surface area contributed by atoms with Crippen LogP contribution in [-0.4, -0.2) is 28.3 Å². The number of carbonyl (C=O) groups excluding carboxylic acids is 2. The van der Waals surface area contributed by atoms with Gasteiger partial charge >= 0.3 is 0 Å². The number of benzene rings is 1. The predicted molar refractivity (Wildman–Crippen MR) is 91.3 cm³/mol. The Labute approximate surface area is 139 Å². The van der Waals surface area contributed by atoms with E-state index in [1.54, 1.807) is 18.5 Å². The fourth-order valence-electron chi connectivity index (χ4n) is 2.37. The second kappa shape index (κ2) is 7.41. The molecule has 0 fully saturated rings. The average Bonchev–Trinajstić information content (AvgIpc) is 3.05. The number of hydrogen-bond acceptors (Lipinski definition) is 3. The van der Waals surface area contributed by atoms with Crippen molar-refractivity contribution in [2.24, 2.45) is 0 Å². The van der Waals surface area contributed by atoms with E-state index in [1.807, 2.05) is 36.4 Å². The van der Waals surface area contributed by atoms with Crippen molar-refractivity contribution in [1.82, 2.24) is 20.6 Å². The zero-order valence-corrected chi connectivity index (χ0v) is 13.1. The first kappa shape index (κ1) is 15.7. The van der Waals surface area contributed by atoms with Crippen LogP contribution in [0.5, 0.6) is 0 Å². The number of rotatable bonds is 6. The van der Waals surface area contributed by atoms with E-state index in [2.05, 4.69) is 20.6 Å². The highest BCUT2D eigenvalue weighted by Gasteiger charge is 2.09. The fourth-order valence-corrected chi connectivity index (χ4v) is 2.37. The lowest BCUT2D eigenvalue weighted by Gasteiger charge is -2.06. The molecule has 0 saturated heterocycles. The molecule has 0 aliphatic rings. The van der Waals surface area contributed by atoms with Gasteiger partial charge in [0.25, 0.3) is 5.91 Å². The number of aromatic amines is 1. The average molecular weight is 322 g/mol. The van der Waals surface area contributed by atoms with Crippen molar-refractivity contribution in [2.45, 2.75) is 13.0 Å². The molecule has 0 aliphatic carbocycles. The third-order valence-corrected chi connectivity index (χ3v) is 3.65. The number of pyridine rings is 1. The van der Waals surface area contributed by atoms with Crippen molar-refractivity contribution < 1.29 is 9.59 Å². The van der Waals surface area contributed by atoms with E-state index in [0.717, 1.165) is 16.5 Å². The molecule has 6 nitrogen and oxygen atoms in total. The summed E-state index contributed by atoms with van der Waals surface area (Å²) in [6.45, 7) is 0.744. The van der Waals surface area contributed by atoms with Gasteiger partial charge in [-0.2, -0.15) is 0 Å². The Hall–Kier alpha value is -3.15. The van der Waals surface area contributed by atoms with E-state index in [1.165, 1.54) is 0 Å². The second-order valence-electron chi connectivity index (χ2n) is 5.41. The summed E-state index contributed by atoms with van der Waals surface area (Å²) in [4.78, 5) is 30.9. The van der Waals surface area contributed by atoms with Gasteiger partial charge in [-0.15, -0.1) is 0 Å². The maximum absolute atomic E-state index is 12.1. The van der Waals surface area contributed by atoms with Gasteiger partial charge in [0.2, 0.25) is 5.91 Å². The molecule has 0 saturated carbocycles. The Bertz CT molecular complexity index is 809. The summed E-state index contributed by atoms with van der Waals surface area (Å²) < 4.78 is 0. The lowest BCUT2D eigenvalue weighted by atomic mass is 10.2. The van der Waals surface area contributed by atoms with Gasteiger partial charge < -0.3 is 15.6 Å². The Morgan fingerprint density at radius 2 is 1.83 bits per heavy atom. The quantitative estimate of drug-likeness (QED) is 0.649. The molecule has 0 radical (unpaired) electrons. The summed E-state index contributed by atoms with van der Waals surface area (Å²) in [7, 11) is 0. The molecule has 24 heavy (non-hydrogen) atoms. The molecule has 0 unspecified atom stereocenters. The lowest BCUT2D eigenvalue weighted by molar-refractivity contribution is -0.121. The van der Waals surface area contributed by atoms with Crippen molar-refractivity contribution in [2.75, 3.05) is 6.54 Å². The van der Waals surface area contributed by atoms with Gasteiger partial charge in [-0.3, -0.25) is 14.6 Å². The molecule has 3 rings (SSSR count). The lowest BCUT2D eigenvalue weighted by Crippen LogP contribution is -2.30. The van der Waals surface area contributed by atoms with Crippen LogP contribution in [0.25, 0.3) is 10.9 Å². The topological polar surface area (TPSA) is 86.9 Å². The summed E-state index contributed by atoms with van der Waals surface area (Å²) in [5.41, 5.74) is 2.39. The predicted octanol–water partition coefficient (Wildman–Crippen LogP) is 2.00. The van der Waals surface area contributed by atoms with Crippen molar-refractivity contribution in [3.63, 3.8) is 0 Å². The highest BCUT2D eigenvalue weighted by Crippen LogP contribution is 2.14. The van der Waals surface area contributed by atoms with E-state index in [0.29, 0.717) is 12.2 Å². The number of carbonyl (C=O) groups is 2. The van der Waals surface area contributed by atoms with Crippen LogP contribution in [0.3, 0.4) is 0 Å². The van der Waals surface area contributed by atoms with Crippen LogP contribution in [0.15, 0.2) is 54.9 Å². The summed E-state index contributed by atoms with van der Waals surface area (Å²) in [5, 5.41) is 6.54. The molecule has 6 heteroatoms. The van der Waals surface area contributed by atoms with Gasteiger partial charge in [-0.1, -0.05) is 18.2 Å². The van der Waals surface area contributed by atoms with Crippen molar-refractivity contribution >= 4 is 22.7 Å². The van der Waals surface area contributed by atoms with Crippen molar-refractivity contribution in [1.29, 1.82) is 0 Å². The van der Waals surface area contributed by atoms with Gasteiger partial charge in [-0.25, -0.2) is 0 Å². The van der Waals surface area contributed by atoms with Crippen LogP contribution in [-0.2, 0) is 11.3 Å². The molecule has 3 N–H and O–H groups in total. The number of aromatic nitrogens is 2. The van der Waals surface area contributed by atoms with Crippen LogP contribution in [0.4, 0.5) is 0 Å². The van der Waals surface area contributed by atoms with E-state index in [9.17, 15) is 9.59 Å². The maximum atomic E-state index is 12.1. The minimum Gasteiger partial charge on any atom is -0.352 e. The first-order chi connectivity index (χ1) is 11.7. The molecule has 122 valence electrons. The highest BCUT2D eigenvalue weighted by atomic mass is 16.2. The number of para-hydroxylation sites is 1. The van der Waals surface area contributed by atoms with E-state index >= 15 is 0 Å². The van der Waals surface area contributed by atoms with Crippen LogP contribution >= 0.6 is 0 Å². The maximum Gasteiger partial charge on any atom is 0.267 e. The monoisotopic (exact) mass is 322 g/mol. The number of H-pyrrole nitrogens is 1. The molecular formula is C18H18N4O2. The van der Waals surface area contributed by atoms with Crippen LogP contribution < -0.4 is 10.6 Å². The number of nitrogens with zero attached hydrogens (tertiary/aromatic N) is 1. The molecule has 0 spiro atoms. The molecule has 0 aliphatic heterocycles. The van der Waals surface area contributed by atoms with Gasteiger partial charge in [0.05, 0.1) is 0 Å². The van der Waals surface area contributed by atoms with Gasteiger partial charge in [0, 0.05) is 42.8 Å². The molecular weight excluding hydrogens is 304 g/mol. The Balaban J connectivity index is 1.43. The first-order valence-corrected chi connectivity index (χ1v) is 7.74. The molecule has 0 atom stereocenters. The number of amides is 2. The summed E-state index contributed by atoms with van der Waals surface area (Å²) in [6.07, 6.45) is 3.60. The molecule has 0 bridgehead atoms. The minimum atomic E-state index is -0.215. The standard InChI is InChI=1S/C18H18N4O2/c23-17(21-12-13-5-8-19-9-6-13)7-10-20-18(24)16-11-14-3-1-2-4-15(14)22-16/h1-6,8-9,11,22H,7,10,12H2,(H,20,24)(H,21,23). The minimum absolute atomic E-state index is 0.108. The third kappa shape index (κ3) is 3.98. The molecule has 2 amide bonds. The Kier molecular flexibility index (Phi) is 4.86. The van der Waals surface area contributed by atoms with Gasteiger partial charge in [-0.05, 0) is 29.8 Å². The molecule has 1 aromatic carbocycles. The largest absolute Gasteiger partial charge is 0.352 e. The summed E-state index contributed by atoms with van der Waals surface area (Å²) in [6, 6.07) is 13.2. The van der Waals surface area contributed by atoms with Crippen molar-refractivity contribution in [3.05, 3.63) is 66.1 Å². The Morgan fingerprint density at radius 1 is 1.04 bits per heavy atom. The van der Waals surface area contributed by atoms with Crippen LogP contribution in [0.1, 0.15) is 22.5 Å². The Morgan fingerprint density at radius 3 is 2.62 bits per heavy atom. The summed E-state index contributed by atoms with van der Waals surface area (Å²) >= 11 is 0. The molecule has 2 heterocycles. The molecule has 2 aromatic heterocycles. The first-order valence-electron chi connectivity index (χ1n) is 7.74. The number of nitrogens with one attached hydrogen (secondary N) is 3. The zero-order chi connectivity index (χ0) is 16.8. The van der Waals surface area contributed by atoms with Crippen LogP contribution in [0, 0.1) is 0 Å². The van der Waals surface area contributed by atoms with E-state index < -0.39 is 0 Å². The van der Waals surface area contributed by atoms with E-state index in [-0.39, 0.29) is 24.8 Å². The summed E-state index contributed by atoms with van der Waals surface area (Å²) in [5.74, 6) is -0.322. The smallest absolute Gasteiger partial charge is 0.267 e. The van der Waals surface area contributed by atoms with Gasteiger partial charge in [0.1, 0.15) is 5.69 Å². The third-order valence-electron chi connectivity index (χ3n) is 3.65. The van der Waals surface area contributed by atoms with E-state index in [4.69, 9.17) is 0 Å². The fraction of sp³-hybridized carbons (Fsp3) is 0.167. The van der Waals surface area contributed by atoms with Crippen molar-refractivity contribution in [3.8, 4) is 0 Å². The highest BCUT2D eigenvalue weighted by molar-refractivity contribution is 5.98.